The van der Waals surface area contributed by atoms with E-state index in [-0.39, 0.29) is 0 Å². The van der Waals surface area contributed by atoms with Gasteiger partial charge in [-0.25, -0.2) is 0 Å². The first kappa shape index (κ1) is 18.6. The summed E-state index contributed by atoms with van der Waals surface area (Å²) < 4.78 is 5.99. The van der Waals surface area contributed by atoms with Crippen molar-refractivity contribution < 1.29 is 4.74 Å². The molecular weight excluding hydrogens is 354 g/mol. The number of hydrogen-bond donors (Lipinski definition) is 2. The van der Waals surface area contributed by atoms with Crippen molar-refractivity contribution in [2.24, 2.45) is 5.10 Å². The van der Waals surface area contributed by atoms with Crippen LogP contribution in [0.5, 0.6) is 5.75 Å². The Morgan fingerprint density at radius 2 is 1.67 bits per heavy atom. The number of anilines is 1. The topological polar surface area (TPSA) is 45.6 Å². The minimum absolute atomic E-state index is 0.427. The second kappa shape index (κ2) is 9.50. The van der Waals surface area contributed by atoms with Gasteiger partial charge in [0.25, 0.3) is 0 Å². The van der Waals surface area contributed by atoms with E-state index in [9.17, 15) is 0 Å². The van der Waals surface area contributed by atoms with Crippen LogP contribution in [0.3, 0.4) is 0 Å². The first-order valence-corrected chi connectivity index (χ1v) is 9.04. The van der Waals surface area contributed by atoms with Crippen molar-refractivity contribution in [3.63, 3.8) is 0 Å². The summed E-state index contributed by atoms with van der Waals surface area (Å²) in [6.07, 6.45) is 1.70. The fourth-order valence-electron chi connectivity index (χ4n) is 2.49. The molecular formula is C22H21N3OS. The fraction of sp³-hybridized carbons (Fsp3) is 0.0909. The van der Waals surface area contributed by atoms with E-state index in [1.165, 1.54) is 5.56 Å². The van der Waals surface area contributed by atoms with E-state index in [4.69, 9.17) is 17.0 Å². The number of benzene rings is 3. The van der Waals surface area contributed by atoms with E-state index in [0.29, 0.717) is 11.7 Å². The summed E-state index contributed by atoms with van der Waals surface area (Å²) in [6, 6.07) is 25.7. The van der Waals surface area contributed by atoms with Gasteiger partial charge in [-0.2, -0.15) is 5.10 Å². The summed E-state index contributed by atoms with van der Waals surface area (Å²) in [5.41, 5.74) is 6.98. The first-order valence-electron chi connectivity index (χ1n) is 8.64. The molecule has 0 saturated heterocycles. The number of para-hydroxylation sites is 2. The molecule has 0 bridgehead atoms. The maximum atomic E-state index is 5.99. The van der Waals surface area contributed by atoms with Crippen molar-refractivity contribution in [1.29, 1.82) is 0 Å². The number of rotatable bonds is 6. The van der Waals surface area contributed by atoms with E-state index in [1.54, 1.807) is 6.21 Å². The predicted octanol–water partition coefficient (Wildman–Crippen LogP) is 4.89. The van der Waals surface area contributed by atoms with Crippen molar-refractivity contribution in [3.8, 4) is 5.75 Å². The Hall–Kier alpha value is -3.18. The molecule has 0 saturated carbocycles. The molecule has 2 N–H and O–H groups in total. The fourth-order valence-corrected chi connectivity index (χ4v) is 2.66. The summed E-state index contributed by atoms with van der Waals surface area (Å²) in [7, 11) is 0. The largest absolute Gasteiger partial charge is 0.488 e. The van der Waals surface area contributed by atoms with Crippen LogP contribution in [-0.2, 0) is 6.61 Å². The van der Waals surface area contributed by atoms with Gasteiger partial charge in [0.05, 0.1) is 6.21 Å². The smallest absolute Gasteiger partial charge is 0.191 e. The van der Waals surface area contributed by atoms with Crippen LogP contribution in [0.4, 0.5) is 5.69 Å². The SMILES string of the molecule is Cc1ccccc1COc1ccccc1/C=N\NC(=S)Nc1ccccc1. The van der Waals surface area contributed by atoms with Gasteiger partial charge in [-0.1, -0.05) is 54.6 Å². The Morgan fingerprint density at radius 3 is 2.48 bits per heavy atom. The van der Waals surface area contributed by atoms with Crippen LogP contribution in [0.15, 0.2) is 84.0 Å². The van der Waals surface area contributed by atoms with Crippen molar-refractivity contribution in [1.82, 2.24) is 5.43 Å². The Morgan fingerprint density at radius 1 is 0.963 bits per heavy atom. The second-order valence-electron chi connectivity index (χ2n) is 5.94. The highest BCUT2D eigenvalue weighted by Crippen LogP contribution is 2.18. The van der Waals surface area contributed by atoms with Crippen molar-refractivity contribution in [3.05, 3.63) is 95.6 Å². The number of thiocarbonyl (C=S) groups is 1. The van der Waals surface area contributed by atoms with Gasteiger partial charge in [-0.05, 0) is 54.5 Å². The molecule has 4 nitrogen and oxygen atoms in total. The molecule has 0 amide bonds. The third kappa shape index (κ3) is 5.66. The molecule has 27 heavy (non-hydrogen) atoms. The normalized spacial score (nSPS) is 10.6. The van der Waals surface area contributed by atoms with Gasteiger partial charge in [0.1, 0.15) is 12.4 Å². The Kier molecular flexibility index (Phi) is 6.55. The van der Waals surface area contributed by atoms with Gasteiger partial charge >= 0.3 is 0 Å². The molecule has 3 aromatic rings. The maximum Gasteiger partial charge on any atom is 0.191 e. The van der Waals surface area contributed by atoms with Crippen molar-refractivity contribution in [2.45, 2.75) is 13.5 Å². The van der Waals surface area contributed by atoms with Crippen LogP contribution in [0.2, 0.25) is 0 Å². The first-order chi connectivity index (χ1) is 13.2. The molecule has 0 fully saturated rings. The predicted molar refractivity (Wildman–Crippen MR) is 115 cm³/mol. The molecule has 0 spiro atoms. The van der Waals surface area contributed by atoms with Crippen molar-refractivity contribution in [2.75, 3.05) is 5.32 Å². The molecule has 3 aromatic carbocycles. The molecule has 0 aromatic heterocycles. The summed E-state index contributed by atoms with van der Waals surface area (Å²) in [4.78, 5) is 0. The summed E-state index contributed by atoms with van der Waals surface area (Å²) in [6.45, 7) is 2.59. The van der Waals surface area contributed by atoms with Gasteiger partial charge < -0.3 is 10.1 Å². The molecule has 0 aliphatic heterocycles. The summed E-state index contributed by atoms with van der Waals surface area (Å²) >= 11 is 5.25. The van der Waals surface area contributed by atoms with Gasteiger partial charge in [0, 0.05) is 11.3 Å². The summed E-state index contributed by atoms with van der Waals surface area (Å²) in [5.74, 6) is 0.772. The molecule has 5 heteroatoms. The van der Waals surface area contributed by atoms with Crippen LogP contribution < -0.4 is 15.5 Å². The number of ether oxygens (including phenoxy) is 1. The Balaban J connectivity index is 1.59. The molecule has 0 heterocycles. The summed E-state index contributed by atoms with van der Waals surface area (Å²) in [5, 5.41) is 7.71. The number of aryl methyl sites for hydroxylation is 1. The molecule has 0 aliphatic carbocycles. The van der Waals surface area contributed by atoms with Gasteiger partial charge in [0.15, 0.2) is 5.11 Å². The monoisotopic (exact) mass is 375 g/mol. The lowest BCUT2D eigenvalue weighted by molar-refractivity contribution is 0.305. The number of hydrazone groups is 1. The molecule has 0 aliphatic rings. The highest BCUT2D eigenvalue weighted by Gasteiger charge is 2.03. The highest BCUT2D eigenvalue weighted by molar-refractivity contribution is 7.80. The van der Waals surface area contributed by atoms with E-state index in [2.05, 4.69) is 34.9 Å². The lowest BCUT2D eigenvalue weighted by Gasteiger charge is -2.11. The molecule has 0 atom stereocenters. The maximum absolute atomic E-state index is 5.99. The average Bonchev–Trinajstić information content (AvgIpc) is 2.69. The van der Waals surface area contributed by atoms with Crippen LogP contribution in [-0.4, -0.2) is 11.3 Å². The van der Waals surface area contributed by atoms with Crippen LogP contribution >= 0.6 is 12.2 Å². The Labute approximate surface area is 164 Å². The minimum atomic E-state index is 0.427. The number of nitrogens with zero attached hydrogens (tertiary/aromatic N) is 1. The quantitative estimate of drug-likeness (QED) is 0.366. The van der Waals surface area contributed by atoms with E-state index in [1.807, 2.05) is 66.7 Å². The van der Waals surface area contributed by atoms with Gasteiger partial charge in [0.2, 0.25) is 0 Å². The molecule has 0 unspecified atom stereocenters. The third-order valence-corrected chi connectivity index (χ3v) is 4.16. The van der Waals surface area contributed by atoms with Gasteiger partial charge in [-0.15, -0.1) is 0 Å². The second-order valence-corrected chi connectivity index (χ2v) is 6.35. The lowest BCUT2D eigenvalue weighted by Crippen LogP contribution is -2.23. The van der Waals surface area contributed by atoms with Gasteiger partial charge in [-0.3, -0.25) is 5.43 Å². The van der Waals surface area contributed by atoms with Crippen LogP contribution in [0.1, 0.15) is 16.7 Å². The standard InChI is InChI=1S/C22H21N3OS/c1-17-9-5-6-11-19(17)16-26-21-14-8-7-10-18(21)15-23-25-22(27)24-20-12-3-2-4-13-20/h2-15H,16H2,1H3,(H2,24,25,27)/b23-15-. The minimum Gasteiger partial charge on any atom is -0.488 e. The van der Waals surface area contributed by atoms with Crippen LogP contribution in [0.25, 0.3) is 0 Å². The van der Waals surface area contributed by atoms with Crippen LogP contribution in [0, 0.1) is 6.92 Å². The Bertz CT molecular complexity index is 926. The average molecular weight is 375 g/mol. The lowest BCUT2D eigenvalue weighted by atomic mass is 10.1. The third-order valence-electron chi connectivity index (χ3n) is 3.96. The number of nitrogens with one attached hydrogen (secondary N) is 2. The van der Waals surface area contributed by atoms with E-state index in [0.717, 1.165) is 22.6 Å². The molecule has 136 valence electrons. The zero-order valence-electron chi connectivity index (χ0n) is 15.1. The van der Waals surface area contributed by atoms with E-state index < -0.39 is 0 Å². The molecule has 0 radical (unpaired) electrons. The number of hydrogen-bond acceptors (Lipinski definition) is 3. The zero-order chi connectivity index (χ0) is 18.9. The zero-order valence-corrected chi connectivity index (χ0v) is 15.9. The molecule has 3 rings (SSSR count). The van der Waals surface area contributed by atoms with Crippen molar-refractivity contribution >= 4 is 29.2 Å². The van der Waals surface area contributed by atoms with E-state index >= 15 is 0 Å². The highest BCUT2D eigenvalue weighted by atomic mass is 32.1.